The zero-order valence-electron chi connectivity index (χ0n) is 18.7. The fraction of sp³-hybridized carbons (Fsp3) is 0.0357. The predicted molar refractivity (Wildman–Crippen MR) is 139 cm³/mol. The Morgan fingerprint density at radius 2 is 1.58 bits per heavy atom. The molecule has 0 aliphatic rings. The molecule has 1 atom stereocenters. The second-order valence-corrected chi connectivity index (χ2v) is 8.77. The van der Waals surface area contributed by atoms with Crippen LogP contribution in [0.2, 0.25) is 10.0 Å². The number of furan rings is 1. The summed E-state index contributed by atoms with van der Waals surface area (Å²) in [6.07, 6.45) is 0.289. The zero-order chi connectivity index (χ0) is 25.1. The summed E-state index contributed by atoms with van der Waals surface area (Å²) in [5.74, 6) is -0.739. The molecule has 6 nitrogen and oxygen atoms in total. The van der Waals surface area contributed by atoms with Crippen LogP contribution in [0.1, 0.15) is 22.0 Å². The number of carbonyl (C=O) groups is 2. The minimum absolute atomic E-state index is 0.256. The number of anilines is 1. The van der Waals surface area contributed by atoms with Crippen molar-refractivity contribution in [3.05, 3.63) is 118 Å². The van der Waals surface area contributed by atoms with Crippen molar-refractivity contribution in [2.45, 2.75) is 6.10 Å². The number of fused-ring (bicyclic) bond motifs is 1. The topological polar surface area (TPSA) is 81.4 Å². The van der Waals surface area contributed by atoms with Crippen LogP contribution in [0.4, 0.5) is 5.69 Å². The molecule has 178 valence electrons. The number of esters is 1. The van der Waals surface area contributed by atoms with Gasteiger partial charge in [-0.2, -0.15) is 0 Å². The van der Waals surface area contributed by atoms with Crippen LogP contribution in [0.3, 0.4) is 0 Å². The lowest BCUT2D eigenvalue weighted by Gasteiger charge is -2.19. The second kappa shape index (κ2) is 10.2. The second-order valence-electron chi connectivity index (χ2n) is 7.89. The molecule has 1 unspecified atom stereocenters. The van der Waals surface area contributed by atoms with Crippen molar-refractivity contribution in [1.82, 2.24) is 4.98 Å². The van der Waals surface area contributed by atoms with E-state index in [4.69, 9.17) is 32.4 Å². The number of aromatic nitrogens is 1. The van der Waals surface area contributed by atoms with Crippen LogP contribution >= 0.6 is 23.2 Å². The van der Waals surface area contributed by atoms with E-state index in [0.29, 0.717) is 43.7 Å². The summed E-state index contributed by atoms with van der Waals surface area (Å²) >= 11 is 12.1. The number of carbonyl (C=O) groups excluding carboxylic acids is 2. The minimum atomic E-state index is -1.24. The highest BCUT2D eigenvalue weighted by atomic mass is 35.5. The number of nitrogens with one attached hydrogen (secondary N) is 1. The van der Waals surface area contributed by atoms with Crippen LogP contribution in [0.5, 0.6) is 0 Å². The van der Waals surface area contributed by atoms with Gasteiger partial charge in [0.2, 0.25) is 6.10 Å². The lowest BCUT2D eigenvalue weighted by atomic mass is 10.1. The van der Waals surface area contributed by atoms with Gasteiger partial charge in [0.1, 0.15) is 5.69 Å². The van der Waals surface area contributed by atoms with Gasteiger partial charge in [-0.3, -0.25) is 4.79 Å². The molecular weight excluding hydrogens is 499 g/mol. The number of nitrogens with zero attached hydrogens (tertiary/aromatic N) is 1. The average Bonchev–Trinajstić information content (AvgIpc) is 3.41. The van der Waals surface area contributed by atoms with Crippen molar-refractivity contribution in [2.75, 3.05) is 5.32 Å². The van der Waals surface area contributed by atoms with Crippen molar-refractivity contribution in [1.29, 1.82) is 0 Å². The van der Waals surface area contributed by atoms with Crippen LogP contribution < -0.4 is 5.32 Å². The molecule has 0 saturated carbocycles. The molecule has 2 aromatic heterocycles. The van der Waals surface area contributed by atoms with E-state index in [1.807, 2.05) is 12.1 Å². The third-order valence-corrected chi connectivity index (χ3v) is 5.84. The first-order valence-corrected chi connectivity index (χ1v) is 11.7. The maximum absolute atomic E-state index is 13.5. The van der Waals surface area contributed by atoms with Gasteiger partial charge in [0, 0.05) is 26.7 Å². The van der Waals surface area contributed by atoms with Crippen molar-refractivity contribution in [3.63, 3.8) is 0 Å². The van der Waals surface area contributed by atoms with E-state index in [9.17, 15) is 9.59 Å². The van der Waals surface area contributed by atoms with E-state index in [-0.39, 0.29) is 5.56 Å². The van der Waals surface area contributed by atoms with E-state index in [1.165, 1.54) is 6.26 Å². The lowest BCUT2D eigenvalue weighted by Crippen LogP contribution is -2.26. The smallest absolute Gasteiger partial charge is 0.340 e. The third-order valence-electron chi connectivity index (χ3n) is 5.41. The largest absolute Gasteiger partial charge is 0.463 e. The molecule has 0 aliphatic heterocycles. The molecule has 0 aliphatic carbocycles. The number of halogens is 2. The molecule has 5 aromatic rings. The van der Waals surface area contributed by atoms with Crippen molar-refractivity contribution in [3.8, 4) is 11.5 Å². The van der Waals surface area contributed by atoms with E-state index in [2.05, 4.69) is 10.3 Å². The number of hydrogen-bond donors (Lipinski definition) is 1. The molecule has 36 heavy (non-hydrogen) atoms. The van der Waals surface area contributed by atoms with Gasteiger partial charge in [0.15, 0.2) is 5.76 Å². The van der Waals surface area contributed by atoms with E-state index < -0.39 is 18.0 Å². The zero-order valence-corrected chi connectivity index (χ0v) is 20.2. The SMILES string of the molecule is O=C(OC(C(=O)Nc1cc(Cl)cc(Cl)c1)c1ccccc1)c1cc(-c2ccco2)nc2ccccc12. The Kier molecular flexibility index (Phi) is 6.71. The van der Waals surface area contributed by atoms with Gasteiger partial charge < -0.3 is 14.5 Å². The van der Waals surface area contributed by atoms with Crippen molar-refractivity contribution in [2.24, 2.45) is 0 Å². The molecule has 5 rings (SSSR count). The summed E-state index contributed by atoms with van der Waals surface area (Å²) in [5.41, 5.74) is 2.20. The van der Waals surface area contributed by atoms with E-state index >= 15 is 0 Å². The molecule has 0 bridgehead atoms. The Bertz CT molecular complexity index is 1530. The number of para-hydroxylation sites is 1. The average molecular weight is 517 g/mol. The molecular formula is C28H18Cl2N2O4. The standard InChI is InChI=1S/C28H18Cl2N2O4/c29-18-13-19(30)15-20(14-18)31-27(33)26(17-7-2-1-3-8-17)36-28(34)22-16-24(25-11-6-12-35-25)32-23-10-5-4-9-21(22)23/h1-16,26H,(H,31,33). The fourth-order valence-corrected chi connectivity index (χ4v) is 4.33. The van der Waals surface area contributed by atoms with Gasteiger partial charge in [-0.15, -0.1) is 0 Å². The van der Waals surface area contributed by atoms with Gasteiger partial charge in [-0.25, -0.2) is 9.78 Å². The quantitative estimate of drug-likeness (QED) is 0.239. The molecule has 3 aromatic carbocycles. The molecule has 8 heteroatoms. The van der Waals surface area contributed by atoms with Crippen LogP contribution in [0.15, 0.2) is 102 Å². The Hall–Kier alpha value is -4.13. The maximum atomic E-state index is 13.5. The monoisotopic (exact) mass is 516 g/mol. The summed E-state index contributed by atoms with van der Waals surface area (Å²) in [6.45, 7) is 0. The summed E-state index contributed by atoms with van der Waals surface area (Å²) in [6, 6.07) is 25.7. The normalized spacial score (nSPS) is 11.7. The molecule has 0 fully saturated rings. The molecule has 1 amide bonds. The third kappa shape index (κ3) is 5.10. The number of ether oxygens (including phenoxy) is 1. The highest BCUT2D eigenvalue weighted by Crippen LogP contribution is 2.29. The van der Waals surface area contributed by atoms with Crippen LogP contribution in [0, 0.1) is 0 Å². The highest BCUT2D eigenvalue weighted by Gasteiger charge is 2.27. The van der Waals surface area contributed by atoms with Crippen LogP contribution in [-0.4, -0.2) is 16.9 Å². The Balaban J connectivity index is 1.51. The Labute approximate surface area is 216 Å². The van der Waals surface area contributed by atoms with Gasteiger partial charge >= 0.3 is 5.97 Å². The Morgan fingerprint density at radius 3 is 2.31 bits per heavy atom. The van der Waals surface area contributed by atoms with Gasteiger partial charge in [0.05, 0.1) is 17.3 Å². The first-order valence-electron chi connectivity index (χ1n) is 10.9. The predicted octanol–water partition coefficient (Wildman–Crippen LogP) is 7.34. The van der Waals surface area contributed by atoms with Crippen LogP contribution in [-0.2, 0) is 9.53 Å². The number of rotatable bonds is 6. The Morgan fingerprint density at radius 1 is 0.861 bits per heavy atom. The summed E-state index contributed by atoms with van der Waals surface area (Å²) < 4.78 is 11.3. The van der Waals surface area contributed by atoms with Crippen molar-refractivity contribution < 1.29 is 18.7 Å². The maximum Gasteiger partial charge on any atom is 0.340 e. The number of pyridine rings is 1. The summed E-state index contributed by atoms with van der Waals surface area (Å²) in [5, 5.41) is 4.05. The first kappa shape index (κ1) is 23.6. The fourth-order valence-electron chi connectivity index (χ4n) is 3.80. The minimum Gasteiger partial charge on any atom is -0.463 e. The van der Waals surface area contributed by atoms with Crippen molar-refractivity contribution >= 4 is 51.7 Å². The first-order chi connectivity index (χ1) is 17.5. The summed E-state index contributed by atoms with van der Waals surface area (Å²) in [4.78, 5) is 31.4. The van der Waals surface area contributed by atoms with Gasteiger partial charge in [0.25, 0.3) is 5.91 Å². The van der Waals surface area contributed by atoms with E-state index in [1.54, 1.807) is 78.9 Å². The number of hydrogen-bond acceptors (Lipinski definition) is 5. The molecule has 0 saturated heterocycles. The molecule has 1 N–H and O–H groups in total. The molecule has 2 heterocycles. The lowest BCUT2D eigenvalue weighted by molar-refractivity contribution is -0.125. The molecule has 0 radical (unpaired) electrons. The number of amides is 1. The van der Waals surface area contributed by atoms with Gasteiger partial charge in [-0.1, -0.05) is 71.7 Å². The highest BCUT2D eigenvalue weighted by molar-refractivity contribution is 6.35. The van der Waals surface area contributed by atoms with Gasteiger partial charge in [-0.05, 0) is 42.5 Å². The molecule has 0 spiro atoms. The number of benzene rings is 3. The van der Waals surface area contributed by atoms with Crippen LogP contribution in [0.25, 0.3) is 22.4 Å². The van der Waals surface area contributed by atoms with E-state index in [0.717, 1.165) is 0 Å². The summed E-state index contributed by atoms with van der Waals surface area (Å²) in [7, 11) is 0.